The van der Waals surface area contributed by atoms with E-state index in [4.69, 9.17) is 14.2 Å². The van der Waals surface area contributed by atoms with Gasteiger partial charge in [0.15, 0.2) is 12.5 Å². The summed E-state index contributed by atoms with van der Waals surface area (Å²) < 4.78 is 18.4. The van der Waals surface area contributed by atoms with Gasteiger partial charge in [-0.15, -0.1) is 0 Å². The van der Waals surface area contributed by atoms with E-state index in [1.807, 2.05) is 0 Å². The molecule has 12 nitrogen and oxygen atoms in total. The molecule has 4 rings (SSSR count). The van der Waals surface area contributed by atoms with Crippen LogP contribution < -0.4 is 0 Å². The van der Waals surface area contributed by atoms with Gasteiger partial charge in [0.1, 0.15) is 42.7 Å². The van der Waals surface area contributed by atoms with Crippen LogP contribution in [0.5, 0.6) is 0 Å². The van der Waals surface area contributed by atoms with Gasteiger partial charge in [0, 0.05) is 11.6 Å². The Morgan fingerprint density at radius 2 is 1.79 bits per heavy atom. The third-order valence-corrected chi connectivity index (χ3v) is 6.03. The van der Waals surface area contributed by atoms with Crippen LogP contribution in [0.3, 0.4) is 0 Å². The van der Waals surface area contributed by atoms with Gasteiger partial charge in [-0.1, -0.05) is 18.2 Å². The molecule has 2 fully saturated rings. The number of aliphatic hydroxyl groups excluding tert-OH is 6. The Kier molecular flexibility index (Phi) is 7.00. The van der Waals surface area contributed by atoms with Gasteiger partial charge in [-0.05, 0) is 11.6 Å². The number of hydrogen-bond acceptors (Lipinski definition) is 10. The molecule has 0 saturated carbocycles. The van der Waals surface area contributed by atoms with Crippen LogP contribution in [-0.4, -0.2) is 109 Å². The molecule has 2 saturated heterocycles. The molecular formula is C21H27NO11. The van der Waals surface area contributed by atoms with Crippen molar-refractivity contribution in [2.75, 3.05) is 13.2 Å². The lowest BCUT2D eigenvalue weighted by Crippen LogP contribution is -2.62. The molecule has 7 N–H and O–H groups in total. The fourth-order valence-corrected chi connectivity index (χ4v) is 4.29. The second-order valence-corrected chi connectivity index (χ2v) is 8.23. The molecule has 2 aliphatic rings. The van der Waals surface area contributed by atoms with Crippen LogP contribution in [-0.2, 0) is 25.4 Å². The molecule has 0 aliphatic carbocycles. The van der Waals surface area contributed by atoms with Gasteiger partial charge in [0.25, 0.3) is 0 Å². The number of aliphatic hydroxyl groups is 6. The number of hydrogen-bond donors (Lipinski definition) is 7. The van der Waals surface area contributed by atoms with Crippen LogP contribution in [0.15, 0.2) is 30.5 Å². The maximum atomic E-state index is 11.3. The first kappa shape index (κ1) is 24.0. The number of rotatable bonds is 6. The molecule has 2 aliphatic heterocycles. The largest absolute Gasteiger partial charge is 0.481 e. The summed E-state index contributed by atoms with van der Waals surface area (Å²) in [7, 11) is 0. The Bertz CT molecular complexity index is 978. The highest BCUT2D eigenvalue weighted by Crippen LogP contribution is 2.35. The quantitative estimate of drug-likeness (QED) is 0.241. The number of nitrogens with zero attached hydrogens (tertiary/aromatic N) is 1. The van der Waals surface area contributed by atoms with Gasteiger partial charge < -0.3 is 54.5 Å². The van der Waals surface area contributed by atoms with Gasteiger partial charge in [-0.3, -0.25) is 4.79 Å². The first-order valence-electron chi connectivity index (χ1n) is 10.5. The number of carboxylic acid groups (broad SMARTS) is 1. The van der Waals surface area contributed by atoms with E-state index in [1.54, 1.807) is 35.0 Å². The lowest BCUT2D eigenvalue weighted by Gasteiger charge is -2.44. The van der Waals surface area contributed by atoms with E-state index < -0.39 is 67.8 Å². The average molecular weight is 469 g/mol. The number of fused-ring (bicyclic) bond motifs is 1. The maximum absolute atomic E-state index is 11.3. The second-order valence-electron chi connectivity index (χ2n) is 8.23. The molecule has 0 unspecified atom stereocenters. The summed E-state index contributed by atoms with van der Waals surface area (Å²) >= 11 is 0. The average Bonchev–Trinajstić information content (AvgIpc) is 3.14. The number of ether oxygens (including phenoxy) is 3. The summed E-state index contributed by atoms with van der Waals surface area (Å²) in [6.07, 6.45) is -11.8. The Hall–Kier alpha value is -2.13. The first-order valence-corrected chi connectivity index (χ1v) is 10.5. The highest BCUT2D eigenvalue weighted by atomic mass is 16.7. The molecule has 3 heterocycles. The maximum Gasteiger partial charge on any atom is 0.307 e. The molecule has 12 heteroatoms. The lowest BCUT2D eigenvalue weighted by molar-refractivity contribution is -0.341. The molecular weight excluding hydrogens is 442 g/mol. The van der Waals surface area contributed by atoms with Crippen molar-refractivity contribution in [1.82, 2.24) is 4.57 Å². The summed E-state index contributed by atoms with van der Waals surface area (Å²) in [6, 6.07) is 6.96. The van der Waals surface area contributed by atoms with Gasteiger partial charge in [-0.2, -0.15) is 0 Å². The van der Waals surface area contributed by atoms with Crippen molar-refractivity contribution >= 4 is 16.9 Å². The SMILES string of the molecule is O=C(O)Cc1cn([C@@H]2OC[C@@H](O)[C@@H](O)[C@@H]2O[C@@H]2O[C@H](CO)[C@@H](O)[C@H](O)[C@H]2O)c2ccccc12. The van der Waals surface area contributed by atoms with Crippen molar-refractivity contribution in [2.24, 2.45) is 0 Å². The highest BCUT2D eigenvalue weighted by molar-refractivity contribution is 5.87. The predicted octanol–water partition coefficient (Wildman–Crippen LogP) is -2.30. The van der Waals surface area contributed by atoms with Gasteiger partial charge in [0.2, 0.25) is 0 Å². The normalized spacial score (nSPS) is 37.3. The lowest BCUT2D eigenvalue weighted by atomic mass is 9.98. The highest BCUT2D eigenvalue weighted by Gasteiger charge is 2.49. The minimum absolute atomic E-state index is 0.249. The van der Waals surface area contributed by atoms with E-state index >= 15 is 0 Å². The van der Waals surface area contributed by atoms with Crippen LogP contribution in [0.2, 0.25) is 0 Å². The van der Waals surface area contributed by atoms with Crippen LogP contribution in [0.4, 0.5) is 0 Å². The van der Waals surface area contributed by atoms with Crippen LogP contribution in [0, 0.1) is 0 Å². The molecule has 0 spiro atoms. The van der Waals surface area contributed by atoms with Crippen molar-refractivity contribution in [3.05, 3.63) is 36.0 Å². The van der Waals surface area contributed by atoms with Crippen molar-refractivity contribution in [3.8, 4) is 0 Å². The summed E-state index contributed by atoms with van der Waals surface area (Å²) in [4.78, 5) is 11.3. The van der Waals surface area contributed by atoms with Gasteiger partial charge in [-0.25, -0.2) is 0 Å². The van der Waals surface area contributed by atoms with Crippen molar-refractivity contribution in [3.63, 3.8) is 0 Å². The Morgan fingerprint density at radius 3 is 2.48 bits per heavy atom. The number of carbonyl (C=O) groups is 1. The fourth-order valence-electron chi connectivity index (χ4n) is 4.29. The van der Waals surface area contributed by atoms with E-state index in [0.29, 0.717) is 16.5 Å². The van der Waals surface area contributed by atoms with E-state index in [0.717, 1.165) is 0 Å². The second kappa shape index (κ2) is 9.62. The van der Waals surface area contributed by atoms with Crippen molar-refractivity contribution < 1.29 is 54.8 Å². The zero-order valence-corrected chi connectivity index (χ0v) is 17.4. The fraction of sp³-hybridized carbons (Fsp3) is 0.571. The third kappa shape index (κ3) is 4.49. The minimum atomic E-state index is -1.72. The molecule has 2 aromatic rings. The Balaban J connectivity index is 1.69. The Labute approximate surface area is 187 Å². The van der Waals surface area contributed by atoms with E-state index in [9.17, 15) is 40.5 Å². The van der Waals surface area contributed by atoms with Gasteiger partial charge >= 0.3 is 5.97 Å². The number of carboxylic acids is 1. The van der Waals surface area contributed by atoms with Crippen LogP contribution in [0.25, 0.3) is 10.9 Å². The zero-order valence-electron chi connectivity index (χ0n) is 17.4. The van der Waals surface area contributed by atoms with Crippen molar-refractivity contribution in [2.45, 2.75) is 61.7 Å². The first-order chi connectivity index (χ1) is 15.7. The molecule has 0 amide bonds. The number of para-hydroxylation sites is 1. The molecule has 1 aromatic carbocycles. The molecule has 182 valence electrons. The molecule has 1 aromatic heterocycles. The standard InChI is InChI=1S/C21H27NO11/c23-7-13-16(28)17(29)18(30)21(32-13)33-19-15(27)12(24)8-31-20(19)22-6-9(5-14(25)26)10-3-1-2-4-11(10)22/h1-4,6,12-13,15-21,23-24,27-30H,5,7-8H2,(H,25,26)/t12-,13-,15-,16-,17+,18-,19+,20-,21+/m1/s1. The number of aliphatic carboxylic acids is 1. The smallest absolute Gasteiger partial charge is 0.307 e. The van der Waals surface area contributed by atoms with E-state index in [1.165, 1.54) is 0 Å². The monoisotopic (exact) mass is 469 g/mol. The van der Waals surface area contributed by atoms with Crippen LogP contribution in [0.1, 0.15) is 11.8 Å². The molecule has 0 bridgehead atoms. The summed E-state index contributed by atoms with van der Waals surface area (Å²) in [5.74, 6) is -1.04. The van der Waals surface area contributed by atoms with Crippen LogP contribution >= 0.6 is 0 Å². The topological polar surface area (TPSA) is 191 Å². The minimum Gasteiger partial charge on any atom is -0.481 e. The van der Waals surface area contributed by atoms with E-state index in [-0.39, 0.29) is 13.0 Å². The molecule has 0 radical (unpaired) electrons. The number of benzene rings is 1. The van der Waals surface area contributed by atoms with E-state index in [2.05, 4.69) is 0 Å². The number of aromatic nitrogens is 1. The molecule has 9 atom stereocenters. The summed E-state index contributed by atoms with van der Waals surface area (Å²) in [5, 5.41) is 70.5. The predicted molar refractivity (Wildman–Crippen MR) is 109 cm³/mol. The van der Waals surface area contributed by atoms with Crippen molar-refractivity contribution in [1.29, 1.82) is 0 Å². The molecule has 33 heavy (non-hydrogen) atoms. The Morgan fingerprint density at radius 1 is 1.06 bits per heavy atom. The summed E-state index contributed by atoms with van der Waals surface area (Å²) in [5.41, 5.74) is 1.08. The zero-order chi connectivity index (χ0) is 23.9. The van der Waals surface area contributed by atoms with Gasteiger partial charge in [0.05, 0.1) is 25.2 Å². The third-order valence-electron chi connectivity index (χ3n) is 6.03. The summed E-state index contributed by atoms with van der Waals surface area (Å²) in [6.45, 7) is -0.914.